The van der Waals surface area contributed by atoms with Crippen LogP contribution in [-0.2, 0) is 23.9 Å². The van der Waals surface area contributed by atoms with Crippen molar-refractivity contribution in [2.45, 2.75) is 194 Å². The maximum atomic E-state index is 13.4. The normalized spacial score (nSPS) is 11.9. The van der Waals surface area contributed by atoms with Gasteiger partial charge < -0.3 is 29.1 Å². The molecule has 0 bridgehead atoms. The van der Waals surface area contributed by atoms with E-state index in [9.17, 15) is 24.6 Å². The van der Waals surface area contributed by atoms with E-state index in [0.717, 1.165) is 51.4 Å². The predicted octanol–water partition coefficient (Wildman–Crippen LogP) is 10.4. The molecule has 0 spiro atoms. The van der Waals surface area contributed by atoms with Crippen molar-refractivity contribution in [3.05, 3.63) is 24.3 Å². The number of unbranched alkanes of at least 4 members (excludes halogenated alkanes) is 22. The van der Waals surface area contributed by atoms with E-state index < -0.39 is 0 Å². The SMILES string of the molecule is CCCCCCCC/C=C/CCCCCCCC(=O)OCCN(CCOC(=O)CCCCCCC/C=C/CCCCCCCC)C(=O)C[N+](C)(CCO)CCO. The first kappa shape index (κ1) is 53.8. The summed E-state index contributed by atoms with van der Waals surface area (Å²) in [7, 11) is 1.82. The second kappa shape index (κ2) is 40.9. The Bertz CT molecular complexity index is 906. The van der Waals surface area contributed by atoms with E-state index in [1.807, 2.05) is 7.05 Å². The molecular formula is C47H89N2O7+. The first-order valence-electron chi connectivity index (χ1n) is 23.3. The number of hydrogen-bond donors (Lipinski definition) is 2. The highest BCUT2D eigenvalue weighted by molar-refractivity contribution is 5.77. The van der Waals surface area contributed by atoms with Crippen molar-refractivity contribution in [2.75, 3.05) is 66.2 Å². The molecule has 0 fully saturated rings. The van der Waals surface area contributed by atoms with Gasteiger partial charge in [-0.15, -0.1) is 0 Å². The Morgan fingerprint density at radius 1 is 0.500 bits per heavy atom. The maximum Gasteiger partial charge on any atom is 0.305 e. The average molecular weight is 794 g/mol. The second-order valence-electron chi connectivity index (χ2n) is 16.2. The largest absolute Gasteiger partial charge is 0.464 e. The molecule has 0 heterocycles. The van der Waals surface area contributed by atoms with Gasteiger partial charge in [0.2, 0.25) is 0 Å². The molecule has 328 valence electrons. The lowest BCUT2D eigenvalue weighted by Gasteiger charge is -2.34. The van der Waals surface area contributed by atoms with Crippen molar-refractivity contribution in [1.82, 2.24) is 4.90 Å². The van der Waals surface area contributed by atoms with Crippen LogP contribution in [0.15, 0.2) is 24.3 Å². The molecule has 0 aliphatic carbocycles. The molecule has 0 unspecified atom stereocenters. The summed E-state index contributed by atoms with van der Waals surface area (Å²) in [6.07, 6.45) is 41.2. The molecule has 9 nitrogen and oxygen atoms in total. The van der Waals surface area contributed by atoms with Crippen LogP contribution in [-0.4, -0.2) is 104 Å². The quantitative estimate of drug-likeness (QED) is 0.0274. The molecule has 1 amide bonds. The average Bonchev–Trinajstić information content (AvgIpc) is 3.17. The zero-order chi connectivity index (χ0) is 41.2. The van der Waals surface area contributed by atoms with Crippen molar-refractivity contribution >= 4 is 17.8 Å². The van der Waals surface area contributed by atoms with Crippen molar-refractivity contribution in [1.29, 1.82) is 0 Å². The minimum absolute atomic E-state index is 0.0717. The highest BCUT2D eigenvalue weighted by atomic mass is 16.5. The Hall–Kier alpha value is -2.23. The summed E-state index contributed by atoms with van der Waals surface area (Å²) in [5.41, 5.74) is 0. The van der Waals surface area contributed by atoms with E-state index in [4.69, 9.17) is 9.47 Å². The molecule has 0 aromatic rings. The molecule has 9 heteroatoms. The number of aliphatic hydroxyl groups is 2. The van der Waals surface area contributed by atoms with Crippen molar-refractivity contribution in [3.63, 3.8) is 0 Å². The number of nitrogens with zero attached hydrogens (tertiary/aromatic N) is 2. The van der Waals surface area contributed by atoms with Gasteiger partial charge in [0, 0.05) is 12.8 Å². The number of esters is 2. The molecule has 2 N–H and O–H groups in total. The van der Waals surface area contributed by atoms with Crippen LogP contribution in [0, 0.1) is 0 Å². The van der Waals surface area contributed by atoms with Crippen LogP contribution in [0.3, 0.4) is 0 Å². The van der Waals surface area contributed by atoms with Crippen molar-refractivity contribution in [2.24, 2.45) is 0 Å². The highest BCUT2D eigenvalue weighted by Crippen LogP contribution is 2.13. The fraction of sp³-hybridized carbons (Fsp3) is 0.851. The molecule has 56 heavy (non-hydrogen) atoms. The van der Waals surface area contributed by atoms with Crippen LogP contribution < -0.4 is 0 Å². The molecule has 0 aliphatic heterocycles. The predicted molar refractivity (Wildman–Crippen MR) is 232 cm³/mol. The first-order valence-corrected chi connectivity index (χ1v) is 23.3. The molecular weight excluding hydrogens is 705 g/mol. The van der Waals surface area contributed by atoms with E-state index >= 15 is 0 Å². The summed E-state index contributed by atoms with van der Waals surface area (Å²) in [6, 6.07) is 0. The first-order chi connectivity index (χ1) is 27.3. The summed E-state index contributed by atoms with van der Waals surface area (Å²) in [5, 5.41) is 19.1. The van der Waals surface area contributed by atoms with Crippen molar-refractivity contribution < 1.29 is 38.6 Å². The molecule has 0 aromatic heterocycles. The van der Waals surface area contributed by atoms with Crippen LogP contribution in [0.5, 0.6) is 0 Å². The lowest BCUT2D eigenvalue weighted by Crippen LogP contribution is -2.54. The molecule has 0 radical (unpaired) electrons. The monoisotopic (exact) mass is 794 g/mol. The van der Waals surface area contributed by atoms with E-state index in [2.05, 4.69) is 38.2 Å². The number of aliphatic hydroxyl groups excluding tert-OH is 2. The third-order valence-corrected chi connectivity index (χ3v) is 10.7. The Morgan fingerprint density at radius 3 is 1.16 bits per heavy atom. The second-order valence-corrected chi connectivity index (χ2v) is 16.2. The molecule has 0 aliphatic rings. The molecule has 0 rings (SSSR count). The fourth-order valence-electron chi connectivity index (χ4n) is 6.90. The number of likely N-dealkylation sites (N-methyl/N-ethyl adjacent to an activating group) is 1. The van der Waals surface area contributed by atoms with Gasteiger partial charge in [-0.1, -0.05) is 141 Å². The van der Waals surface area contributed by atoms with Crippen molar-refractivity contribution in [3.8, 4) is 0 Å². The minimum atomic E-state index is -0.261. The Morgan fingerprint density at radius 2 is 0.821 bits per heavy atom. The van der Waals surface area contributed by atoms with Crippen LogP contribution >= 0.6 is 0 Å². The zero-order valence-corrected chi connectivity index (χ0v) is 36.8. The van der Waals surface area contributed by atoms with Gasteiger partial charge in [0.1, 0.15) is 26.3 Å². The van der Waals surface area contributed by atoms with Gasteiger partial charge in [0.15, 0.2) is 6.54 Å². The standard InChI is InChI=1S/C47H89N2O7/c1-4-6-8-10-12-14-16-18-20-22-24-26-28-30-32-34-46(53)55-42-36-48(45(52)44-49(3,38-40-50)39-41-51)37-43-56-47(54)35-33-31-29-27-25-23-21-19-17-15-13-11-9-7-5-2/h18-21,50-51H,4-17,22-44H2,1-3H3/q+1/b20-18+,21-19+. The summed E-state index contributed by atoms with van der Waals surface area (Å²) >= 11 is 0. The van der Waals surface area contributed by atoms with E-state index in [0.29, 0.717) is 25.9 Å². The van der Waals surface area contributed by atoms with Crippen LogP contribution in [0.2, 0.25) is 0 Å². The third kappa shape index (κ3) is 36.1. The lowest BCUT2D eigenvalue weighted by molar-refractivity contribution is -0.902. The van der Waals surface area contributed by atoms with Gasteiger partial charge in [-0.2, -0.15) is 0 Å². The fourth-order valence-corrected chi connectivity index (χ4v) is 6.90. The van der Waals surface area contributed by atoms with Gasteiger partial charge >= 0.3 is 11.9 Å². The summed E-state index contributed by atoms with van der Waals surface area (Å²) in [5.74, 6) is -0.721. The number of carbonyl (C=O) groups excluding carboxylic acids is 3. The van der Waals surface area contributed by atoms with Gasteiger partial charge in [0.05, 0.1) is 33.4 Å². The minimum Gasteiger partial charge on any atom is -0.464 e. The van der Waals surface area contributed by atoms with E-state index in [-0.39, 0.29) is 68.4 Å². The number of hydrogen-bond acceptors (Lipinski definition) is 7. The summed E-state index contributed by atoms with van der Waals surface area (Å²) in [4.78, 5) is 39.8. The molecule has 0 atom stereocenters. The number of carbonyl (C=O) groups is 3. The number of amides is 1. The summed E-state index contributed by atoms with van der Waals surface area (Å²) < 4.78 is 11.2. The number of quaternary nitrogens is 1. The number of rotatable bonds is 42. The van der Waals surface area contributed by atoms with Gasteiger partial charge in [-0.3, -0.25) is 14.4 Å². The highest BCUT2D eigenvalue weighted by Gasteiger charge is 2.28. The van der Waals surface area contributed by atoms with E-state index in [1.54, 1.807) is 4.90 Å². The Kier molecular flexibility index (Phi) is 39.3. The van der Waals surface area contributed by atoms with E-state index in [1.165, 1.54) is 116 Å². The zero-order valence-electron chi connectivity index (χ0n) is 36.8. The summed E-state index contributed by atoms with van der Waals surface area (Å²) in [6.45, 7) is 5.57. The topological polar surface area (TPSA) is 113 Å². The maximum absolute atomic E-state index is 13.4. The van der Waals surface area contributed by atoms with Crippen LogP contribution in [0.25, 0.3) is 0 Å². The van der Waals surface area contributed by atoms with Gasteiger partial charge in [0.25, 0.3) is 5.91 Å². The van der Waals surface area contributed by atoms with Crippen LogP contribution in [0.4, 0.5) is 0 Å². The number of ether oxygens (including phenoxy) is 2. The van der Waals surface area contributed by atoms with Gasteiger partial charge in [-0.05, 0) is 64.2 Å². The Labute approximate surface area is 344 Å². The lowest BCUT2D eigenvalue weighted by atomic mass is 10.1. The van der Waals surface area contributed by atoms with Crippen LogP contribution in [0.1, 0.15) is 194 Å². The smallest absolute Gasteiger partial charge is 0.305 e. The third-order valence-electron chi connectivity index (χ3n) is 10.7. The van der Waals surface area contributed by atoms with Gasteiger partial charge in [-0.25, -0.2) is 0 Å². The Balaban J connectivity index is 4.34. The molecule has 0 saturated heterocycles. The number of allylic oxidation sites excluding steroid dienone is 4. The molecule has 0 aromatic carbocycles. The molecule has 0 saturated carbocycles.